The molecule has 0 radical (unpaired) electrons. The van der Waals surface area contributed by atoms with E-state index in [1.807, 2.05) is 6.07 Å². The molecule has 1 aliphatic carbocycles. The quantitative estimate of drug-likeness (QED) is 0.646. The average molecular weight is 259 g/mol. The fourth-order valence-electron chi connectivity index (χ4n) is 1.66. The number of hydrogen-bond donors (Lipinski definition) is 2. The Bertz CT molecular complexity index is 339. The van der Waals surface area contributed by atoms with E-state index in [1.54, 1.807) is 6.07 Å². The first kappa shape index (κ1) is 10.1. The molecule has 4 heteroatoms. The number of benzene rings is 1. The summed E-state index contributed by atoms with van der Waals surface area (Å²) < 4.78 is 14.3. The first-order valence-electron chi connectivity index (χ1n) is 4.63. The second-order valence-corrected chi connectivity index (χ2v) is 4.56. The SMILES string of the molecule is NNC(c1ccc(Br)cc1F)C1CC1. The van der Waals surface area contributed by atoms with Crippen LogP contribution in [0.1, 0.15) is 24.4 Å². The predicted molar refractivity (Wildman–Crippen MR) is 56.9 cm³/mol. The van der Waals surface area contributed by atoms with Crippen molar-refractivity contribution in [2.24, 2.45) is 11.8 Å². The highest BCUT2D eigenvalue weighted by Crippen LogP contribution is 2.41. The van der Waals surface area contributed by atoms with Crippen LogP contribution in [0.2, 0.25) is 0 Å². The molecule has 0 spiro atoms. The minimum absolute atomic E-state index is 0.0388. The van der Waals surface area contributed by atoms with Crippen LogP contribution in [0.25, 0.3) is 0 Å². The van der Waals surface area contributed by atoms with Gasteiger partial charge in [0.15, 0.2) is 0 Å². The third-order valence-electron chi connectivity index (χ3n) is 2.57. The Morgan fingerprint density at radius 3 is 2.71 bits per heavy atom. The fraction of sp³-hybridized carbons (Fsp3) is 0.400. The molecule has 0 amide bonds. The first-order valence-corrected chi connectivity index (χ1v) is 5.42. The van der Waals surface area contributed by atoms with Crippen LogP contribution >= 0.6 is 15.9 Å². The highest BCUT2D eigenvalue weighted by molar-refractivity contribution is 9.10. The molecule has 1 saturated carbocycles. The van der Waals surface area contributed by atoms with Crippen LogP contribution < -0.4 is 11.3 Å². The molecule has 14 heavy (non-hydrogen) atoms. The molecular weight excluding hydrogens is 247 g/mol. The lowest BCUT2D eigenvalue weighted by Crippen LogP contribution is -2.30. The molecule has 1 aromatic carbocycles. The maximum absolute atomic E-state index is 13.6. The van der Waals surface area contributed by atoms with Gasteiger partial charge in [0.1, 0.15) is 5.82 Å². The van der Waals surface area contributed by atoms with E-state index in [1.165, 1.54) is 6.07 Å². The Balaban J connectivity index is 2.29. The summed E-state index contributed by atoms with van der Waals surface area (Å²) in [6.45, 7) is 0. The summed E-state index contributed by atoms with van der Waals surface area (Å²) in [4.78, 5) is 0. The van der Waals surface area contributed by atoms with Gasteiger partial charge in [-0.1, -0.05) is 22.0 Å². The van der Waals surface area contributed by atoms with Crippen molar-refractivity contribution >= 4 is 15.9 Å². The summed E-state index contributed by atoms with van der Waals surface area (Å²) in [5, 5.41) is 0. The van der Waals surface area contributed by atoms with Crippen LogP contribution in [0.3, 0.4) is 0 Å². The summed E-state index contributed by atoms with van der Waals surface area (Å²) in [6, 6.07) is 5.05. The second kappa shape index (κ2) is 3.96. The molecule has 1 aromatic rings. The summed E-state index contributed by atoms with van der Waals surface area (Å²) in [5.41, 5.74) is 3.35. The minimum atomic E-state index is -0.200. The topological polar surface area (TPSA) is 38.0 Å². The van der Waals surface area contributed by atoms with Crippen LogP contribution in [0, 0.1) is 11.7 Å². The number of hydrazine groups is 1. The van der Waals surface area contributed by atoms with E-state index in [9.17, 15) is 4.39 Å². The number of nitrogens with one attached hydrogen (secondary N) is 1. The Kier molecular flexibility index (Phi) is 2.85. The number of halogens is 2. The van der Waals surface area contributed by atoms with Gasteiger partial charge in [0.2, 0.25) is 0 Å². The number of hydrogen-bond acceptors (Lipinski definition) is 2. The van der Waals surface area contributed by atoms with Crippen molar-refractivity contribution in [2.75, 3.05) is 0 Å². The van der Waals surface area contributed by atoms with Gasteiger partial charge in [0.25, 0.3) is 0 Å². The molecule has 2 nitrogen and oxygen atoms in total. The zero-order valence-electron chi connectivity index (χ0n) is 7.63. The standard InChI is InChI=1S/C10H12BrFN2/c11-7-3-4-8(9(12)5-7)10(14-13)6-1-2-6/h3-6,10,14H,1-2,13H2. The zero-order chi connectivity index (χ0) is 10.1. The van der Waals surface area contributed by atoms with Crippen molar-refractivity contribution < 1.29 is 4.39 Å². The third kappa shape index (κ3) is 1.97. The minimum Gasteiger partial charge on any atom is -0.271 e. The smallest absolute Gasteiger partial charge is 0.129 e. The summed E-state index contributed by atoms with van der Waals surface area (Å²) in [7, 11) is 0. The van der Waals surface area contributed by atoms with E-state index >= 15 is 0 Å². The zero-order valence-corrected chi connectivity index (χ0v) is 9.22. The lowest BCUT2D eigenvalue weighted by Gasteiger charge is -2.16. The number of nitrogens with two attached hydrogens (primary N) is 1. The van der Waals surface area contributed by atoms with E-state index in [0.29, 0.717) is 11.5 Å². The second-order valence-electron chi connectivity index (χ2n) is 3.65. The maximum atomic E-state index is 13.6. The van der Waals surface area contributed by atoms with Gasteiger partial charge in [-0.15, -0.1) is 0 Å². The molecule has 1 unspecified atom stereocenters. The van der Waals surface area contributed by atoms with Crippen molar-refractivity contribution in [1.29, 1.82) is 0 Å². The van der Waals surface area contributed by atoms with Gasteiger partial charge in [-0.05, 0) is 30.9 Å². The van der Waals surface area contributed by atoms with Crippen molar-refractivity contribution in [1.82, 2.24) is 5.43 Å². The largest absolute Gasteiger partial charge is 0.271 e. The van der Waals surface area contributed by atoms with Gasteiger partial charge in [0, 0.05) is 10.0 Å². The monoisotopic (exact) mass is 258 g/mol. The van der Waals surface area contributed by atoms with E-state index in [2.05, 4.69) is 21.4 Å². The van der Waals surface area contributed by atoms with Crippen LogP contribution in [-0.2, 0) is 0 Å². The van der Waals surface area contributed by atoms with Gasteiger partial charge in [-0.2, -0.15) is 0 Å². The van der Waals surface area contributed by atoms with Crippen LogP contribution in [0.15, 0.2) is 22.7 Å². The molecule has 1 aliphatic rings. The molecule has 76 valence electrons. The lowest BCUT2D eigenvalue weighted by atomic mass is 10.0. The van der Waals surface area contributed by atoms with Crippen LogP contribution in [-0.4, -0.2) is 0 Å². The van der Waals surface area contributed by atoms with Gasteiger partial charge in [0.05, 0.1) is 6.04 Å². The highest BCUT2D eigenvalue weighted by atomic mass is 79.9. The molecule has 0 heterocycles. The molecule has 0 aliphatic heterocycles. The van der Waals surface area contributed by atoms with Crippen molar-refractivity contribution in [3.8, 4) is 0 Å². The van der Waals surface area contributed by atoms with E-state index < -0.39 is 0 Å². The molecule has 3 N–H and O–H groups in total. The Morgan fingerprint density at radius 1 is 1.50 bits per heavy atom. The lowest BCUT2D eigenvalue weighted by molar-refractivity contribution is 0.468. The first-order chi connectivity index (χ1) is 6.72. The van der Waals surface area contributed by atoms with Gasteiger partial charge >= 0.3 is 0 Å². The van der Waals surface area contributed by atoms with Gasteiger partial charge < -0.3 is 0 Å². The highest BCUT2D eigenvalue weighted by Gasteiger charge is 2.32. The Morgan fingerprint density at radius 2 is 2.21 bits per heavy atom. The molecule has 0 aromatic heterocycles. The molecule has 1 atom stereocenters. The molecule has 0 bridgehead atoms. The summed E-state index contributed by atoms with van der Waals surface area (Å²) in [6.07, 6.45) is 2.26. The van der Waals surface area contributed by atoms with E-state index in [0.717, 1.165) is 17.3 Å². The molecule has 1 fully saturated rings. The van der Waals surface area contributed by atoms with Crippen molar-refractivity contribution in [3.63, 3.8) is 0 Å². The fourth-order valence-corrected chi connectivity index (χ4v) is 2.00. The Labute approximate surface area is 90.8 Å². The summed E-state index contributed by atoms with van der Waals surface area (Å²) in [5.74, 6) is 5.72. The van der Waals surface area contributed by atoms with Crippen molar-refractivity contribution in [2.45, 2.75) is 18.9 Å². The molecule has 0 saturated heterocycles. The summed E-state index contributed by atoms with van der Waals surface area (Å²) >= 11 is 3.23. The van der Waals surface area contributed by atoms with Gasteiger partial charge in [-0.25, -0.2) is 4.39 Å². The number of rotatable bonds is 3. The maximum Gasteiger partial charge on any atom is 0.129 e. The molecular formula is C10H12BrFN2. The normalized spacial score (nSPS) is 18.2. The predicted octanol–water partition coefficient (Wildman–Crippen LogP) is 2.50. The van der Waals surface area contributed by atoms with Crippen LogP contribution in [0.5, 0.6) is 0 Å². The third-order valence-corrected chi connectivity index (χ3v) is 3.06. The average Bonchev–Trinajstić information content (AvgIpc) is 2.93. The van der Waals surface area contributed by atoms with E-state index in [4.69, 9.17) is 5.84 Å². The Hall–Kier alpha value is -0.450. The molecule has 2 rings (SSSR count). The van der Waals surface area contributed by atoms with Crippen molar-refractivity contribution in [3.05, 3.63) is 34.1 Å². The van der Waals surface area contributed by atoms with Crippen LogP contribution in [0.4, 0.5) is 4.39 Å². The van der Waals surface area contributed by atoms with Gasteiger partial charge in [-0.3, -0.25) is 11.3 Å². The van der Waals surface area contributed by atoms with E-state index in [-0.39, 0.29) is 11.9 Å².